The summed E-state index contributed by atoms with van der Waals surface area (Å²) in [5.41, 5.74) is 4.80. The number of nitrogens with zero attached hydrogens (tertiary/aromatic N) is 2. The van der Waals surface area contributed by atoms with Gasteiger partial charge in [-0.2, -0.15) is 0 Å². The molecule has 3 rings (SSSR count). The van der Waals surface area contributed by atoms with Crippen molar-refractivity contribution in [3.8, 4) is 0 Å². The predicted octanol–water partition coefficient (Wildman–Crippen LogP) is 3.31. The number of carbonyl (C=O) groups excluding carboxylic acids is 1. The van der Waals surface area contributed by atoms with Crippen molar-refractivity contribution in [2.24, 2.45) is 0 Å². The van der Waals surface area contributed by atoms with E-state index in [1.165, 1.54) is 34.8 Å². The lowest BCUT2D eigenvalue weighted by Crippen LogP contribution is -2.45. The molecule has 1 N–H and O–H groups in total. The van der Waals surface area contributed by atoms with Gasteiger partial charge in [0.25, 0.3) is 11.6 Å². The normalized spacial score (nSPS) is 19.2. The average molecular weight is 369 g/mol. The first-order valence-electron chi connectivity index (χ1n) is 9.08. The second-order valence-electron chi connectivity index (χ2n) is 6.56. The topological polar surface area (TPSA) is 84.7 Å². The molecule has 1 heterocycles. The molecule has 0 bridgehead atoms. The highest BCUT2D eigenvalue weighted by Gasteiger charge is 2.36. The number of rotatable bonds is 7. The van der Waals surface area contributed by atoms with Crippen LogP contribution in [0.25, 0.3) is 0 Å². The minimum Gasteiger partial charge on any atom is -0.357 e. The van der Waals surface area contributed by atoms with Crippen molar-refractivity contribution >= 4 is 11.6 Å². The third kappa shape index (κ3) is 4.69. The molecule has 7 heteroatoms. The SMILES string of the molecule is CCCOC1C[C@H](Cc2ccccc2)NN1C(=O)c1ccc([N+](=O)[O-])cc1. The van der Waals surface area contributed by atoms with E-state index in [1.54, 1.807) is 0 Å². The molecule has 0 aromatic heterocycles. The number of non-ortho nitro benzene ring substituents is 1. The molecular weight excluding hydrogens is 346 g/mol. The summed E-state index contributed by atoms with van der Waals surface area (Å²) in [6, 6.07) is 15.8. The molecule has 2 aromatic carbocycles. The fourth-order valence-corrected chi connectivity index (χ4v) is 3.16. The highest BCUT2D eigenvalue weighted by molar-refractivity contribution is 5.94. The Balaban J connectivity index is 1.73. The zero-order valence-corrected chi connectivity index (χ0v) is 15.2. The lowest BCUT2D eigenvalue weighted by Gasteiger charge is -2.24. The quantitative estimate of drug-likeness (QED) is 0.598. The van der Waals surface area contributed by atoms with Crippen molar-refractivity contribution in [1.29, 1.82) is 0 Å². The molecule has 0 spiro atoms. The number of nitro groups is 1. The Hall–Kier alpha value is -2.77. The van der Waals surface area contributed by atoms with E-state index in [9.17, 15) is 14.9 Å². The Morgan fingerprint density at radius 1 is 1.22 bits per heavy atom. The van der Waals surface area contributed by atoms with E-state index >= 15 is 0 Å². The van der Waals surface area contributed by atoms with E-state index in [0.717, 1.165) is 12.8 Å². The lowest BCUT2D eigenvalue weighted by molar-refractivity contribution is -0.384. The first-order chi connectivity index (χ1) is 13.1. The molecular formula is C20H23N3O4. The van der Waals surface area contributed by atoms with Gasteiger partial charge in [0, 0.05) is 36.8 Å². The van der Waals surface area contributed by atoms with E-state index in [1.807, 2.05) is 25.1 Å². The molecule has 1 aliphatic rings. The van der Waals surface area contributed by atoms with Crippen LogP contribution in [0.15, 0.2) is 54.6 Å². The minimum atomic E-state index is -0.481. The van der Waals surface area contributed by atoms with Gasteiger partial charge in [-0.1, -0.05) is 37.3 Å². The maximum Gasteiger partial charge on any atom is 0.270 e. The number of hydrogen-bond donors (Lipinski definition) is 1. The van der Waals surface area contributed by atoms with Crippen LogP contribution in [0.5, 0.6) is 0 Å². The molecule has 0 radical (unpaired) electrons. The van der Waals surface area contributed by atoms with Crippen LogP contribution in [0.1, 0.15) is 35.7 Å². The molecule has 1 aliphatic heterocycles. The van der Waals surface area contributed by atoms with Gasteiger partial charge in [0.1, 0.15) is 6.23 Å². The molecule has 1 saturated heterocycles. The van der Waals surface area contributed by atoms with Gasteiger partial charge in [-0.15, -0.1) is 0 Å². The number of carbonyl (C=O) groups is 1. The van der Waals surface area contributed by atoms with Crippen LogP contribution in [0.2, 0.25) is 0 Å². The van der Waals surface area contributed by atoms with Crippen LogP contribution in [0.3, 0.4) is 0 Å². The van der Waals surface area contributed by atoms with Gasteiger partial charge >= 0.3 is 0 Å². The molecule has 2 atom stereocenters. The lowest BCUT2D eigenvalue weighted by atomic mass is 10.0. The highest BCUT2D eigenvalue weighted by atomic mass is 16.6. The van der Waals surface area contributed by atoms with Crippen LogP contribution in [-0.2, 0) is 11.2 Å². The molecule has 0 saturated carbocycles. The molecule has 27 heavy (non-hydrogen) atoms. The summed E-state index contributed by atoms with van der Waals surface area (Å²) in [5.74, 6) is -0.249. The summed E-state index contributed by atoms with van der Waals surface area (Å²) in [7, 11) is 0. The largest absolute Gasteiger partial charge is 0.357 e. The summed E-state index contributed by atoms with van der Waals surface area (Å²) < 4.78 is 5.87. The first kappa shape index (κ1) is 19.0. The van der Waals surface area contributed by atoms with E-state index in [2.05, 4.69) is 17.6 Å². The molecule has 1 amide bonds. The second kappa shape index (κ2) is 8.75. The van der Waals surface area contributed by atoms with Crippen molar-refractivity contribution in [1.82, 2.24) is 10.4 Å². The van der Waals surface area contributed by atoms with Gasteiger partial charge in [0.15, 0.2) is 0 Å². The molecule has 142 valence electrons. The molecule has 0 aliphatic carbocycles. The van der Waals surface area contributed by atoms with E-state index in [-0.39, 0.29) is 23.9 Å². The number of hydrogen-bond acceptors (Lipinski definition) is 5. The van der Waals surface area contributed by atoms with Crippen LogP contribution in [0, 0.1) is 10.1 Å². The van der Waals surface area contributed by atoms with E-state index < -0.39 is 4.92 Å². The number of hydrazine groups is 1. The zero-order valence-electron chi connectivity index (χ0n) is 15.2. The van der Waals surface area contributed by atoms with Gasteiger partial charge in [-0.25, -0.2) is 10.4 Å². The molecule has 1 unspecified atom stereocenters. The Morgan fingerprint density at radius 3 is 2.56 bits per heavy atom. The fraction of sp³-hybridized carbons (Fsp3) is 0.350. The Bertz CT molecular complexity index is 780. The van der Waals surface area contributed by atoms with Crippen molar-refractivity contribution in [3.63, 3.8) is 0 Å². The smallest absolute Gasteiger partial charge is 0.270 e. The van der Waals surface area contributed by atoms with Gasteiger partial charge < -0.3 is 4.74 Å². The maximum absolute atomic E-state index is 12.9. The third-order valence-electron chi connectivity index (χ3n) is 4.48. The van der Waals surface area contributed by atoms with Crippen molar-refractivity contribution in [3.05, 3.63) is 75.8 Å². The number of nitro benzene ring substituents is 1. The average Bonchev–Trinajstić information content (AvgIpc) is 3.09. The first-order valence-corrected chi connectivity index (χ1v) is 9.08. The Morgan fingerprint density at radius 2 is 1.93 bits per heavy atom. The molecule has 7 nitrogen and oxygen atoms in total. The van der Waals surface area contributed by atoms with Crippen molar-refractivity contribution < 1.29 is 14.5 Å². The summed E-state index contributed by atoms with van der Waals surface area (Å²) in [4.78, 5) is 23.2. The standard InChI is InChI=1S/C20H23N3O4/c1-2-12-27-19-14-17(13-15-6-4-3-5-7-15)21-22(19)20(24)16-8-10-18(11-9-16)23(25)26/h3-11,17,19,21H,2,12-14H2,1H3/t17-,19?/m0/s1. The van der Waals surface area contributed by atoms with Crippen LogP contribution < -0.4 is 5.43 Å². The maximum atomic E-state index is 12.9. The van der Waals surface area contributed by atoms with Crippen molar-refractivity contribution in [2.45, 2.75) is 38.5 Å². The fourth-order valence-electron chi connectivity index (χ4n) is 3.16. The molecule has 1 fully saturated rings. The predicted molar refractivity (Wildman–Crippen MR) is 101 cm³/mol. The van der Waals surface area contributed by atoms with Crippen LogP contribution in [0.4, 0.5) is 5.69 Å². The summed E-state index contributed by atoms with van der Waals surface area (Å²) in [6.07, 6.45) is 1.98. The Labute approximate surface area is 158 Å². The van der Waals surface area contributed by atoms with Crippen LogP contribution in [-0.4, -0.2) is 34.7 Å². The number of ether oxygens (including phenoxy) is 1. The van der Waals surface area contributed by atoms with Crippen LogP contribution >= 0.6 is 0 Å². The van der Waals surface area contributed by atoms with Gasteiger partial charge in [-0.05, 0) is 30.5 Å². The van der Waals surface area contributed by atoms with Gasteiger partial charge in [-0.3, -0.25) is 14.9 Å². The highest BCUT2D eigenvalue weighted by Crippen LogP contribution is 2.22. The van der Waals surface area contributed by atoms with Gasteiger partial charge in [0.05, 0.1) is 4.92 Å². The van der Waals surface area contributed by atoms with Crippen molar-refractivity contribution in [2.75, 3.05) is 6.61 Å². The summed E-state index contributed by atoms with van der Waals surface area (Å²) in [5, 5.41) is 12.3. The number of amides is 1. The summed E-state index contributed by atoms with van der Waals surface area (Å²) in [6.45, 7) is 2.58. The number of nitrogens with one attached hydrogen (secondary N) is 1. The molecule has 2 aromatic rings. The third-order valence-corrected chi connectivity index (χ3v) is 4.48. The Kier molecular flexibility index (Phi) is 6.16. The number of benzene rings is 2. The summed E-state index contributed by atoms with van der Waals surface area (Å²) >= 11 is 0. The minimum absolute atomic E-state index is 0.0401. The zero-order chi connectivity index (χ0) is 19.2. The van der Waals surface area contributed by atoms with E-state index in [0.29, 0.717) is 18.6 Å². The second-order valence-corrected chi connectivity index (χ2v) is 6.56. The van der Waals surface area contributed by atoms with Gasteiger partial charge in [0.2, 0.25) is 0 Å². The monoisotopic (exact) mass is 369 g/mol. The van der Waals surface area contributed by atoms with E-state index in [4.69, 9.17) is 4.74 Å².